The lowest BCUT2D eigenvalue weighted by molar-refractivity contribution is -0.136. The Morgan fingerprint density at radius 3 is 1.48 bits per heavy atom. The van der Waals surface area contributed by atoms with Crippen molar-refractivity contribution in [1.29, 1.82) is 0 Å². The number of ketones is 2. The van der Waals surface area contributed by atoms with Gasteiger partial charge in [-0.25, -0.2) is 0 Å². The summed E-state index contributed by atoms with van der Waals surface area (Å²) in [6.07, 6.45) is 4.78. The van der Waals surface area contributed by atoms with Crippen molar-refractivity contribution >= 4 is 11.6 Å². The fraction of sp³-hybridized carbons (Fsp3) is 0.455. The van der Waals surface area contributed by atoms with E-state index >= 15 is 0 Å². The smallest absolute Gasteiger partial charge is 0.186 e. The molecule has 0 radical (unpaired) electrons. The van der Waals surface area contributed by atoms with Gasteiger partial charge in [0.05, 0.1) is 13.2 Å². The molecule has 1 aliphatic carbocycles. The Balaban J connectivity index is 1.53. The van der Waals surface area contributed by atoms with Gasteiger partial charge in [-0.3, -0.25) is 9.59 Å². The van der Waals surface area contributed by atoms with Gasteiger partial charge in [0.2, 0.25) is 0 Å². The van der Waals surface area contributed by atoms with Gasteiger partial charge in [-0.1, -0.05) is 68.6 Å². The summed E-state index contributed by atoms with van der Waals surface area (Å²) in [6.45, 7) is 25.4. The molecule has 1 aliphatic rings. The third kappa shape index (κ3) is 8.83. The highest BCUT2D eigenvalue weighted by Gasteiger charge is 2.45. The topological polar surface area (TPSA) is 71.1 Å². The molecule has 6 heteroatoms. The van der Waals surface area contributed by atoms with E-state index in [-0.39, 0.29) is 17.0 Å². The molecule has 50 heavy (non-hydrogen) atoms. The number of ether oxygens (including phenoxy) is 4. The monoisotopic (exact) mass is 680 g/mol. The van der Waals surface area contributed by atoms with Crippen molar-refractivity contribution in [3.8, 4) is 11.5 Å². The van der Waals surface area contributed by atoms with Gasteiger partial charge in [0.1, 0.15) is 33.9 Å². The maximum Gasteiger partial charge on any atom is 0.186 e. The van der Waals surface area contributed by atoms with Crippen LogP contribution in [0.3, 0.4) is 0 Å². The fourth-order valence-electron chi connectivity index (χ4n) is 6.80. The van der Waals surface area contributed by atoms with E-state index in [4.69, 9.17) is 18.9 Å². The van der Waals surface area contributed by atoms with Gasteiger partial charge < -0.3 is 18.9 Å². The fourth-order valence-corrected chi connectivity index (χ4v) is 6.80. The van der Waals surface area contributed by atoms with Gasteiger partial charge in [0.25, 0.3) is 0 Å². The summed E-state index contributed by atoms with van der Waals surface area (Å²) in [5, 5.41) is 0. The minimum atomic E-state index is -0.913. The molecule has 4 rings (SSSR count). The molecule has 3 aromatic rings. The zero-order chi connectivity index (χ0) is 37.0. The van der Waals surface area contributed by atoms with Crippen LogP contribution in [0.5, 0.6) is 11.5 Å². The first kappa shape index (κ1) is 38.8. The number of carbonyl (C=O) groups is 2. The molecule has 1 unspecified atom stereocenters. The Morgan fingerprint density at radius 1 is 0.680 bits per heavy atom. The van der Waals surface area contributed by atoms with Crippen LogP contribution in [0.15, 0.2) is 98.1 Å². The number of benzene rings is 3. The molecule has 0 fully saturated rings. The number of fused-ring (bicyclic) bond motifs is 1. The molecule has 0 saturated heterocycles. The van der Waals surface area contributed by atoms with Crippen LogP contribution >= 0.6 is 0 Å². The summed E-state index contributed by atoms with van der Waals surface area (Å²) >= 11 is 0. The molecule has 268 valence electrons. The first-order chi connectivity index (χ1) is 23.4. The van der Waals surface area contributed by atoms with Gasteiger partial charge in [-0.05, 0) is 126 Å². The lowest BCUT2D eigenvalue weighted by Crippen LogP contribution is -2.37. The molecule has 0 heterocycles. The second-order valence-electron chi connectivity index (χ2n) is 15.7. The second-order valence-corrected chi connectivity index (χ2v) is 15.7. The van der Waals surface area contributed by atoms with Crippen LogP contribution in [-0.4, -0.2) is 47.2 Å². The van der Waals surface area contributed by atoms with Gasteiger partial charge in [-0.15, -0.1) is 0 Å². The van der Waals surface area contributed by atoms with Crippen molar-refractivity contribution in [2.45, 2.75) is 115 Å². The quantitative estimate of drug-likeness (QED) is 0.125. The van der Waals surface area contributed by atoms with Crippen molar-refractivity contribution in [3.63, 3.8) is 0 Å². The third-order valence-electron chi connectivity index (χ3n) is 9.94. The SMILES string of the molecule is C=CC(=O)C(C)(C)OCCC(C)(C)Oc1ccc(C2(c3ccc(OC(C)(C)CCOC(C)(C)C(=O)C=C)cc3)CC(C)c3ccccc32)cc1. The van der Waals surface area contributed by atoms with E-state index in [0.29, 0.717) is 32.0 Å². The first-order valence-electron chi connectivity index (χ1n) is 17.7. The van der Waals surface area contributed by atoms with E-state index in [0.717, 1.165) is 17.9 Å². The van der Waals surface area contributed by atoms with Crippen molar-refractivity contribution in [3.05, 3.63) is 120 Å². The highest BCUT2D eigenvalue weighted by Crippen LogP contribution is 2.54. The Kier molecular flexibility index (Phi) is 11.7. The van der Waals surface area contributed by atoms with E-state index in [1.165, 1.54) is 34.4 Å². The van der Waals surface area contributed by atoms with Crippen LogP contribution in [-0.2, 0) is 24.5 Å². The summed E-state index contributed by atoms with van der Waals surface area (Å²) < 4.78 is 24.7. The summed E-state index contributed by atoms with van der Waals surface area (Å²) in [5.41, 5.74) is 1.92. The molecule has 0 bridgehead atoms. The van der Waals surface area contributed by atoms with Gasteiger partial charge in [0.15, 0.2) is 11.6 Å². The van der Waals surface area contributed by atoms with E-state index in [1.54, 1.807) is 27.7 Å². The normalized spacial score (nSPS) is 16.0. The lowest BCUT2D eigenvalue weighted by atomic mass is 9.70. The predicted molar refractivity (Wildman–Crippen MR) is 201 cm³/mol. The molecule has 0 aromatic heterocycles. The average Bonchev–Trinajstić information content (AvgIpc) is 3.36. The number of carbonyl (C=O) groups excluding carboxylic acids is 2. The Labute approximate surface area is 299 Å². The van der Waals surface area contributed by atoms with Crippen LogP contribution in [0.25, 0.3) is 0 Å². The zero-order valence-corrected chi connectivity index (χ0v) is 31.6. The van der Waals surface area contributed by atoms with Gasteiger partial charge >= 0.3 is 0 Å². The molecular formula is C44H56O6. The summed E-state index contributed by atoms with van der Waals surface area (Å²) in [7, 11) is 0. The van der Waals surface area contributed by atoms with E-state index in [2.05, 4.69) is 92.9 Å². The summed E-state index contributed by atoms with van der Waals surface area (Å²) in [5.74, 6) is 1.66. The first-order valence-corrected chi connectivity index (χ1v) is 17.7. The predicted octanol–water partition coefficient (Wildman–Crippen LogP) is 9.72. The van der Waals surface area contributed by atoms with Crippen LogP contribution in [0.4, 0.5) is 0 Å². The standard InChI is InChI=1S/C44H56O6/c1-12-38(45)42(8,9)47-28-26-40(4,5)49-34-22-18-32(19-23-34)44(30-31(3)36-16-14-15-17-37(36)44)33-20-24-35(25-21-33)50-41(6,7)27-29-48-43(10,11)39(46)13-2/h12-25,31H,1-2,26-30H2,3-11H3. The summed E-state index contributed by atoms with van der Waals surface area (Å²) in [4.78, 5) is 24.2. The highest BCUT2D eigenvalue weighted by atomic mass is 16.5. The Morgan fingerprint density at radius 2 is 1.08 bits per heavy atom. The Bertz CT molecular complexity index is 1560. The van der Waals surface area contributed by atoms with Crippen LogP contribution in [0, 0.1) is 0 Å². The minimum absolute atomic E-state index is 0.140. The maximum absolute atomic E-state index is 12.1. The molecule has 0 amide bonds. The van der Waals surface area contributed by atoms with Crippen molar-refractivity contribution in [2.24, 2.45) is 0 Å². The van der Waals surface area contributed by atoms with E-state index < -0.39 is 22.4 Å². The molecule has 1 atom stereocenters. The van der Waals surface area contributed by atoms with Gasteiger partial charge in [-0.2, -0.15) is 0 Å². The molecule has 0 N–H and O–H groups in total. The minimum Gasteiger partial charge on any atom is -0.488 e. The molecular weight excluding hydrogens is 624 g/mol. The molecule has 3 aromatic carbocycles. The van der Waals surface area contributed by atoms with Gasteiger partial charge in [0, 0.05) is 18.3 Å². The highest BCUT2D eigenvalue weighted by molar-refractivity contribution is 5.96. The average molecular weight is 681 g/mol. The molecule has 0 spiro atoms. The van der Waals surface area contributed by atoms with E-state index in [1.807, 2.05) is 27.7 Å². The number of hydrogen-bond donors (Lipinski definition) is 0. The van der Waals surface area contributed by atoms with Crippen molar-refractivity contribution in [2.75, 3.05) is 13.2 Å². The number of rotatable bonds is 18. The molecule has 6 nitrogen and oxygen atoms in total. The third-order valence-corrected chi connectivity index (χ3v) is 9.94. The second kappa shape index (κ2) is 15.1. The van der Waals surface area contributed by atoms with Crippen LogP contribution < -0.4 is 9.47 Å². The Hall–Kier alpha value is -4.00. The molecule has 0 aliphatic heterocycles. The zero-order valence-electron chi connectivity index (χ0n) is 31.6. The van der Waals surface area contributed by atoms with E-state index in [9.17, 15) is 9.59 Å². The summed E-state index contributed by atoms with van der Waals surface area (Å²) in [6, 6.07) is 25.8. The van der Waals surface area contributed by atoms with Crippen LogP contribution in [0.1, 0.15) is 110 Å². The van der Waals surface area contributed by atoms with Crippen molar-refractivity contribution in [1.82, 2.24) is 0 Å². The number of hydrogen-bond acceptors (Lipinski definition) is 6. The lowest BCUT2D eigenvalue weighted by Gasteiger charge is -2.34. The van der Waals surface area contributed by atoms with Crippen molar-refractivity contribution < 1.29 is 28.5 Å². The van der Waals surface area contributed by atoms with Crippen LogP contribution in [0.2, 0.25) is 0 Å². The largest absolute Gasteiger partial charge is 0.488 e. The molecule has 0 saturated carbocycles. The maximum atomic E-state index is 12.1.